The largest absolute Gasteiger partial charge is 0.506 e. The average molecular weight is 361 g/mol. The number of fused-ring (bicyclic) bond motifs is 1. The molecular weight excluding hydrogens is 346 g/mol. The number of nitrogens with zero attached hydrogens (tertiary/aromatic N) is 1. The van der Waals surface area contributed by atoms with Crippen LogP contribution in [0.5, 0.6) is 0 Å². The van der Waals surface area contributed by atoms with E-state index in [1.807, 2.05) is 49.4 Å². The topological polar surface area (TPSA) is 63.3 Å². The summed E-state index contributed by atoms with van der Waals surface area (Å²) < 4.78 is 5.26. The Morgan fingerprint density at radius 3 is 2.65 bits per heavy atom. The molecule has 2 heterocycles. The van der Waals surface area contributed by atoms with Crippen molar-refractivity contribution in [2.45, 2.75) is 6.92 Å². The van der Waals surface area contributed by atoms with Crippen molar-refractivity contribution in [3.05, 3.63) is 87.2 Å². The Balaban J connectivity index is 1.76. The molecule has 0 radical (unpaired) electrons. The van der Waals surface area contributed by atoms with E-state index in [9.17, 15) is 9.90 Å². The van der Waals surface area contributed by atoms with Gasteiger partial charge < -0.3 is 9.52 Å². The fourth-order valence-electron chi connectivity index (χ4n) is 2.73. The quantitative estimate of drug-likeness (QED) is 0.504. The van der Waals surface area contributed by atoms with Gasteiger partial charge in [0.2, 0.25) is 0 Å². The van der Waals surface area contributed by atoms with Gasteiger partial charge in [-0.2, -0.15) is 0 Å². The summed E-state index contributed by atoms with van der Waals surface area (Å²) in [5, 5.41) is 10.6. The molecule has 2 aromatic heterocycles. The first kappa shape index (κ1) is 16.3. The van der Waals surface area contributed by atoms with Crippen molar-refractivity contribution < 1.29 is 9.52 Å². The maximum Gasteiger partial charge on any atom is 0.362 e. The minimum absolute atomic E-state index is 0.00441. The fourth-order valence-corrected chi connectivity index (χ4v) is 3.82. The van der Waals surface area contributed by atoms with Gasteiger partial charge in [0.05, 0.1) is 4.88 Å². The highest BCUT2D eigenvalue weighted by molar-refractivity contribution is 7.16. The van der Waals surface area contributed by atoms with E-state index in [0.717, 1.165) is 16.0 Å². The van der Waals surface area contributed by atoms with Gasteiger partial charge >= 0.3 is 5.63 Å². The molecule has 0 aliphatic rings. The van der Waals surface area contributed by atoms with Crippen LogP contribution in [0.3, 0.4) is 0 Å². The third kappa shape index (κ3) is 3.05. The molecule has 0 aliphatic heterocycles. The van der Waals surface area contributed by atoms with Crippen molar-refractivity contribution in [1.82, 2.24) is 4.98 Å². The first-order chi connectivity index (χ1) is 12.6. The molecular formula is C21H15NO3S. The van der Waals surface area contributed by atoms with Gasteiger partial charge in [-0.3, -0.25) is 0 Å². The van der Waals surface area contributed by atoms with Crippen LogP contribution in [0.25, 0.3) is 33.4 Å². The van der Waals surface area contributed by atoms with Crippen LogP contribution >= 0.6 is 11.3 Å². The van der Waals surface area contributed by atoms with Crippen LogP contribution in [-0.4, -0.2) is 10.1 Å². The number of thiophene rings is 1. The number of aryl methyl sites for hydroxylation is 1. The standard InChI is InChI=1S/C21H15NO3S/c1-13-11-19(14-7-3-2-4-8-14)26-20(13)17(23)12-16-21(24)25-18-10-6-5-9-15(18)22-16/h2-12,23H,1H3/b17-12-. The lowest BCUT2D eigenvalue weighted by atomic mass is 10.1. The summed E-state index contributed by atoms with van der Waals surface area (Å²) in [5.41, 5.74) is 2.52. The average Bonchev–Trinajstić information content (AvgIpc) is 3.05. The highest BCUT2D eigenvalue weighted by Gasteiger charge is 2.13. The Bertz CT molecular complexity index is 1170. The summed E-state index contributed by atoms with van der Waals surface area (Å²) in [6, 6.07) is 19.0. The van der Waals surface area contributed by atoms with E-state index in [1.165, 1.54) is 17.4 Å². The number of benzene rings is 2. The maximum atomic E-state index is 12.1. The second kappa shape index (κ2) is 6.61. The third-order valence-electron chi connectivity index (χ3n) is 4.00. The van der Waals surface area contributed by atoms with E-state index < -0.39 is 5.63 Å². The Hall–Kier alpha value is -3.18. The lowest BCUT2D eigenvalue weighted by Crippen LogP contribution is -2.06. The number of aliphatic hydroxyl groups is 1. The van der Waals surface area contributed by atoms with E-state index in [2.05, 4.69) is 4.98 Å². The van der Waals surface area contributed by atoms with E-state index in [0.29, 0.717) is 16.0 Å². The monoisotopic (exact) mass is 361 g/mol. The normalized spacial score (nSPS) is 11.8. The summed E-state index contributed by atoms with van der Waals surface area (Å²) in [6.45, 7) is 1.93. The number of hydrogen-bond donors (Lipinski definition) is 1. The maximum absolute atomic E-state index is 12.1. The van der Waals surface area contributed by atoms with Crippen LogP contribution < -0.4 is 5.63 Å². The predicted molar refractivity (Wildman–Crippen MR) is 105 cm³/mol. The Labute approximate surface area is 153 Å². The molecule has 0 aliphatic carbocycles. The van der Waals surface area contributed by atoms with Crippen molar-refractivity contribution in [3.8, 4) is 10.4 Å². The number of rotatable bonds is 3. The van der Waals surface area contributed by atoms with E-state index in [4.69, 9.17) is 4.42 Å². The second-order valence-electron chi connectivity index (χ2n) is 5.87. The van der Waals surface area contributed by atoms with Gasteiger partial charge in [0, 0.05) is 11.0 Å². The SMILES string of the molecule is Cc1cc(-c2ccccc2)sc1/C(O)=C/c1nc2ccccc2oc1=O. The van der Waals surface area contributed by atoms with Gasteiger partial charge in [0.15, 0.2) is 11.3 Å². The molecule has 0 amide bonds. The molecule has 5 heteroatoms. The molecule has 0 atom stereocenters. The fraction of sp³-hybridized carbons (Fsp3) is 0.0476. The van der Waals surface area contributed by atoms with E-state index in [1.54, 1.807) is 18.2 Å². The van der Waals surface area contributed by atoms with Crippen LogP contribution in [0.15, 0.2) is 69.9 Å². The molecule has 26 heavy (non-hydrogen) atoms. The van der Waals surface area contributed by atoms with Gasteiger partial charge in [0.25, 0.3) is 0 Å². The molecule has 0 spiro atoms. The van der Waals surface area contributed by atoms with Crippen LogP contribution in [0.2, 0.25) is 0 Å². The van der Waals surface area contributed by atoms with Gasteiger partial charge in [-0.15, -0.1) is 11.3 Å². The van der Waals surface area contributed by atoms with Gasteiger partial charge in [0.1, 0.15) is 11.3 Å². The summed E-state index contributed by atoms with van der Waals surface area (Å²) in [4.78, 5) is 18.2. The van der Waals surface area contributed by atoms with Gasteiger partial charge in [-0.05, 0) is 36.2 Å². The number of aromatic nitrogens is 1. The van der Waals surface area contributed by atoms with Crippen LogP contribution in [0, 0.1) is 6.92 Å². The van der Waals surface area contributed by atoms with E-state index in [-0.39, 0.29) is 11.5 Å². The third-order valence-corrected chi connectivity index (χ3v) is 5.31. The minimum atomic E-state index is -0.576. The lowest BCUT2D eigenvalue weighted by molar-refractivity contribution is 0.515. The van der Waals surface area contributed by atoms with Gasteiger partial charge in [-0.25, -0.2) is 9.78 Å². The molecule has 0 fully saturated rings. The van der Waals surface area contributed by atoms with Crippen LogP contribution in [0.1, 0.15) is 16.1 Å². The Kier molecular flexibility index (Phi) is 4.14. The number of aliphatic hydroxyl groups excluding tert-OH is 1. The van der Waals surface area contributed by atoms with Crippen molar-refractivity contribution >= 4 is 34.3 Å². The molecule has 4 aromatic rings. The number of para-hydroxylation sites is 2. The Morgan fingerprint density at radius 1 is 1.12 bits per heavy atom. The molecule has 128 valence electrons. The molecule has 4 nitrogen and oxygen atoms in total. The zero-order valence-electron chi connectivity index (χ0n) is 14.0. The molecule has 1 N–H and O–H groups in total. The summed E-state index contributed by atoms with van der Waals surface area (Å²) in [7, 11) is 0. The lowest BCUT2D eigenvalue weighted by Gasteiger charge is -2.00. The highest BCUT2D eigenvalue weighted by Crippen LogP contribution is 2.34. The van der Waals surface area contributed by atoms with Crippen LogP contribution in [-0.2, 0) is 0 Å². The molecule has 0 saturated heterocycles. The minimum Gasteiger partial charge on any atom is -0.506 e. The first-order valence-corrected chi connectivity index (χ1v) is 8.90. The van der Waals surface area contributed by atoms with Crippen molar-refractivity contribution in [2.24, 2.45) is 0 Å². The van der Waals surface area contributed by atoms with Crippen molar-refractivity contribution in [3.63, 3.8) is 0 Å². The second-order valence-corrected chi connectivity index (χ2v) is 6.92. The molecule has 0 saturated carbocycles. The van der Waals surface area contributed by atoms with Crippen molar-refractivity contribution in [2.75, 3.05) is 0 Å². The van der Waals surface area contributed by atoms with Crippen LogP contribution in [0.4, 0.5) is 0 Å². The molecule has 4 rings (SSSR count). The van der Waals surface area contributed by atoms with E-state index >= 15 is 0 Å². The zero-order chi connectivity index (χ0) is 18.1. The summed E-state index contributed by atoms with van der Waals surface area (Å²) >= 11 is 1.47. The molecule has 2 aromatic carbocycles. The smallest absolute Gasteiger partial charge is 0.362 e. The van der Waals surface area contributed by atoms with Gasteiger partial charge in [-0.1, -0.05) is 42.5 Å². The zero-order valence-corrected chi connectivity index (χ0v) is 14.8. The summed E-state index contributed by atoms with van der Waals surface area (Å²) in [6.07, 6.45) is 1.37. The highest BCUT2D eigenvalue weighted by atomic mass is 32.1. The molecule has 0 bridgehead atoms. The predicted octanol–water partition coefficient (Wildman–Crippen LogP) is 5.28. The summed E-state index contributed by atoms with van der Waals surface area (Å²) in [5.74, 6) is 0.00441. The molecule has 0 unspecified atom stereocenters. The number of hydrogen-bond acceptors (Lipinski definition) is 5. The Morgan fingerprint density at radius 2 is 1.85 bits per heavy atom. The first-order valence-electron chi connectivity index (χ1n) is 8.08. The van der Waals surface area contributed by atoms with Crippen molar-refractivity contribution in [1.29, 1.82) is 0 Å².